The van der Waals surface area contributed by atoms with Gasteiger partial charge in [0, 0.05) is 23.9 Å². The van der Waals surface area contributed by atoms with Crippen LogP contribution in [0.25, 0.3) is 11.1 Å². The molecule has 0 aromatic heterocycles. The van der Waals surface area contributed by atoms with E-state index < -0.39 is 12.1 Å². The van der Waals surface area contributed by atoms with Gasteiger partial charge in [0.05, 0.1) is 6.42 Å². The van der Waals surface area contributed by atoms with Crippen LogP contribution in [0.3, 0.4) is 0 Å². The lowest BCUT2D eigenvalue weighted by Gasteiger charge is -2.29. The van der Waals surface area contributed by atoms with Crippen LogP contribution in [0.5, 0.6) is 0 Å². The lowest BCUT2D eigenvalue weighted by atomic mass is 9.85. The lowest BCUT2D eigenvalue weighted by molar-refractivity contribution is -0.138. The molecule has 7 nitrogen and oxygen atoms in total. The number of hydrogen-bond acceptors (Lipinski definition) is 4. The van der Waals surface area contributed by atoms with Crippen molar-refractivity contribution in [3.05, 3.63) is 59.7 Å². The second-order valence-electron chi connectivity index (χ2n) is 9.61. The molecular weight excluding hydrogens is 444 g/mol. The summed E-state index contributed by atoms with van der Waals surface area (Å²) < 4.78 is 5.65. The van der Waals surface area contributed by atoms with Gasteiger partial charge in [-0.3, -0.25) is 9.59 Å². The Bertz CT molecular complexity index is 1020. The van der Waals surface area contributed by atoms with Crippen LogP contribution in [0.15, 0.2) is 48.5 Å². The second kappa shape index (κ2) is 11.4. The molecule has 3 N–H and O–H groups in total. The minimum absolute atomic E-state index is 0.0226. The third-order valence-electron chi connectivity index (χ3n) is 7.17. The predicted molar refractivity (Wildman–Crippen MR) is 133 cm³/mol. The van der Waals surface area contributed by atoms with Crippen LogP contribution in [0.2, 0.25) is 0 Å². The van der Waals surface area contributed by atoms with Gasteiger partial charge < -0.3 is 20.5 Å². The highest BCUT2D eigenvalue weighted by Crippen LogP contribution is 2.44. The first-order valence-electron chi connectivity index (χ1n) is 12.6. The summed E-state index contributed by atoms with van der Waals surface area (Å²) in [5, 5.41) is 14.9. The van der Waals surface area contributed by atoms with E-state index in [1.807, 2.05) is 31.2 Å². The van der Waals surface area contributed by atoms with Gasteiger partial charge in [0.1, 0.15) is 6.61 Å². The first-order valence-corrected chi connectivity index (χ1v) is 12.6. The Labute approximate surface area is 206 Å². The van der Waals surface area contributed by atoms with Crippen molar-refractivity contribution in [1.82, 2.24) is 10.6 Å². The molecule has 1 saturated carbocycles. The number of carboxylic acids is 1. The van der Waals surface area contributed by atoms with Crippen LogP contribution in [0, 0.1) is 5.92 Å². The minimum atomic E-state index is -0.903. The van der Waals surface area contributed by atoms with E-state index in [-0.39, 0.29) is 42.9 Å². The molecule has 186 valence electrons. The Morgan fingerprint density at radius 3 is 2.14 bits per heavy atom. The summed E-state index contributed by atoms with van der Waals surface area (Å²) in [5.41, 5.74) is 4.74. The van der Waals surface area contributed by atoms with Gasteiger partial charge in [0.2, 0.25) is 5.91 Å². The number of fused-ring (bicyclic) bond motifs is 3. The minimum Gasteiger partial charge on any atom is -0.481 e. The molecule has 35 heavy (non-hydrogen) atoms. The smallest absolute Gasteiger partial charge is 0.407 e. The van der Waals surface area contributed by atoms with Gasteiger partial charge in [0.25, 0.3) is 0 Å². The average molecular weight is 479 g/mol. The topological polar surface area (TPSA) is 105 Å². The first kappa shape index (κ1) is 24.8. The largest absolute Gasteiger partial charge is 0.481 e. The number of nitrogens with one attached hydrogen (secondary N) is 2. The third kappa shape index (κ3) is 6.02. The SMILES string of the molecule is CCCC(CC(=O)O)NC(=O)C1CCC(NC(=O)OCC2c3ccccc3-c3ccccc32)CC1. The van der Waals surface area contributed by atoms with E-state index in [0.29, 0.717) is 32.1 Å². The number of amides is 2. The summed E-state index contributed by atoms with van der Waals surface area (Å²) in [5.74, 6) is -1.11. The fourth-order valence-electron chi connectivity index (χ4n) is 5.41. The van der Waals surface area contributed by atoms with Crippen LogP contribution in [-0.4, -0.2) is 41.8 Å². The molecule has 0 spiro atoms. The van der Waals surface area contributed by atoms with Gasteiger partial charge in [-0.25, -0.2) is 4.79 Å². The molecule has 7 heteroatoms. The van der Waals surface area contributed by atoms with Crippen molar-refractivity contribution in [3.8, 4) is 11.1 Å². The maximum Gasteiger partial charge on any atom is 0.407 e. The maximum atomic E-state index is 12.6. The van der Waals surface area contributed by atoms with Gasteiger partial charge in [-0.1, -0.05) is 61.9 Å². The number of aliphatic carboxylic acids is 1. The van der Waals surface area contributed by atoms with Crippen molar-refractivity contribution < 1.29 is 24.2 Å². The number of carboxylic acid groups (broad SMARTS) is 1. The van der Waals surface area contributed by atoms with E-state index >= 15 is 0 Å². The lowest BCUT2D eigenvalue weighted by Crippen LogP contribution is -2.44. The molecular formula is C28H34N2O5. The molecule has 2 amide bonds. The zero-order valence-corrected chi connectivity index (χ0v) is 20.2. The number of benzene rings is 2. The molecule has 1 unspecified atom stereocenters. The number of hydrogen-bond donors (Lipinski definition) is 3. The summed E-state index contributed by atoms with van der Waals surface area (Å²) in [6, 6.07) is 16.1. The van der Waals surface area contributed by atoms with Crippen molar-refractivity contribution >= 4 is 18.0 Å². The van der Waals surface area contributed by atoms with E-state index in [9.17, 15) is 14.4 Å². The molecule has 2 aliphatic rings. The molecule has 4 rings (SSSR count). The van der Waals surface area contributed by atoms with E-state index in [1.54, 1.807) is 0 Å². The van der Waals surface area contributed by atoms with Crippen LogP contribution >= 0.6 is 0 Å². The first-order chi connectivity index (χ1) is 17.0. The Kier molecular flexibility index (Phi) is 8.06. The molecule has 0 bridgehead atoms. The van der Waals surface area contributed by atoms with Crippen molar-refractivity contribution in [3.63, 3.8) is 0 Å². The molecule has 0 aliphatic heterocycles. The number of ether oxygens (including phenoxy) is 1. The zero-order chi connectivity index (χ0) is 24.8. The van der Waals surface area contributed by atoms with Crippen molar-refractivity contribution in [1.29, 1.82) is 0 Å². The Morgan fingerprint density at radius 1 is 0.971 bits per heavy atom. The van der Waals surface area contributed by atoms with Gasteiger partial charge in [-0.2, -0.15) is 0 Å². The highest BCUT2D eigenvalue weighted by molar-refractivity contribution is 5.80. The molecule has 0 saturated heterocycles. The maximum absolute atomic E-state index is 12.6. The summed E-state index contributed by atoms with van der Waals surface area (Å²) in [7, 11) is 0. The quantitative estimate of drug-likeness (QED) is 0.478. The number of carbonyl (C=O) groups is 3. The zero-order valence-electron chi connectivity index (χ0n) is 20.2. The molecule has 1 fully saturated rings. The van der Waals surface area contributed by atoms with E-state index in [1.165, 1.54) is 22.3 Å². The van der Waals surface area contributed by atoms with Crippen LogP contribution < -0.4 is 10.6 Å². The number of carbonyl (C=O) groups excluding carboxylic acids is 2. The van der Waals surface area contributed by atoms with Crippen LogP contribution in [0.4, 0.5) is 4.79 Å². The fraction of sp³-hybridized carbons (Fsp3) is 0.464. The molecule has 2 aromatic rings. The van der Waals surface area contributed by atoms with Crippen molar-refractivity contribution in [2.24, 2.45) is 5.92 Å². The standard InChI is InChI=1S/C28H34N2O5/c1-2-7-20(16-26(31)32)29-27(33)18-12-14-19(15-13-18)30-28(34)35-17-25-23-10-5-3-8-21(23)22-9-4-6-11-24(22)25/h3-6,8-11,18-20,25H,2,7,12-17H2,1H3,(H,29,33)(H,30,34)(H,31,32). The summed E-state index contributed by atoms with van der Waals surface area (Å²) in [6.45, 7) is 2.25. The fourth-order valence-corrected chi connectivity index (χ4v) is 5.41. The van der Waals surface area contributed by atoms with Gasteiger partial charge in [-0.05, 0) is 54.4 Å². The summed E-state index contributed by atoms with van der Waals surface area (Å²) in [6.07, 6.45) is 3.69. The Morgan fingerprint density at radius 2 is 1.57 bits per heavy atom. The van der Waals surface area contributed by atoms with Crippen LogP contribution in [-0.2, 0) is 14.3 Å². The van der Waals surface area contributed by atoms with Gasteiger partial charge in [0.15, 0.2) is 0 Å². The van der Waals surface area contributed by atoms with E-state index in [4.69, 9.17) is 9.84 Å². The molecule has 2 aliphatic carbocycles. The monoisotopic (exact) mass is 478 g/mol. The molecule has 1 atom stereocenters. The molecule has 2 aromatic carbocycles. The number of alkyl carbamates (subject to hydrolysis) is 1. The normalized spacial score (nSPS) is 19.8. The van der Waals surface area contributed by atoms with Gasteiger partial charge in [-0.15, -0.1) is 0 Å². The number of rotatable bonds is 9. The highest BCUT2D eigenvalue weighted by Gasteiger charge is 2.31. The Hall–Kier alpha value is -3.35. The van der Waals surface area contributed by atoms with Crippen LogP contribution in [0.1, 0.15) is 68.9 Å². The van der Waals surface area contributed by atoms with E-state index in [2.05, 4.69) is 34.9 Å². The van der Waals surface area contributed by atoms with Crippen molar-refractivity contribution in [2.45, 2.75) is 69.9 Å². The highest BCUT2D eigenvalue weighted by atomic mass is 16.5. The van der Waals surface area contributed by atoms with E-state index in [0.717, 1.165) is 6.42 Å². The van der Waals surface area contributed by atoms with Gasteiger partial charge >= 0.3 is 12.1 Å². The Balaban J connectivity index is 1.24. The average Bonchev–Trinajstić information content (AvgIpc) is 3.16. The molecule has 0 radical (unpaired) electrons. The summed E-state index contributed by atoms with van der Waals surface area (Å²) in [4.78, 5) is 36.2. The second-order valence-corrected chi connectivity index (χ2v) is 9.61. The summed E-state index contributed by atoms with van der Waals surface area (Å²) >= 11 is 0. The van der Waals surface area contributed by atoms with Crippen molar-refractivity contribution in [2.75, 3.05) is 6.61 Å². The predicted octanol–water partition coefficient (Wildman–Crippen LogP) is 4.84. The third-order valence-corrected chi connectivity index (χ3v) is 7.17. The molecule has 0 heterocycles.